The summed E-state index contributed by atoms with van der Waals surface area (Å²) in [5, 5.41) is 5.49. The Bertz CT molecular complexity index is 615. The molecule has 0 bridgehead atoms. The molecule has 0 amide bonds. The van der Waals surface area contributed by atoms with Crippen LogP contribution in [0.5, 0.6) is 0 Å². The molecule has 3 rings (SSSR count). The average Bonchev–Trinajstić information content (AvgIpc) is 2.68. The van der Waals surface area contributed by atoms with Crippen LogP contribution < -0.4 is 5.43 Å². The average molecular weight is 291 g/mol. The number of aromatic nitrogens is 1. The van der Waals surface area contributed by atoms with Crippen molar-refractivity contribution in [2.24, 2.45) is 10.1 Å². The number of halogens is 1. The number of H-pyrrole nitrogens is 1. The topological polar surface area (TPSA) is 52.5 Å². The molecule has 2 aromatic rings. The Balaban J connectivity index is 0.00000147. The third-order valence-electron chi connectivity index (χ3n) is 3.39. The number of amidine groups is 1. The van der Waals surface area contributed by atoms with E-state index < -0.39 is 0 Å². The predicted octanol–water partition coefficient (Wildman–Crippen LogP) is 3.49. The van der Waals surface area contributed by atoms with E-state index in [1.165, 1.54) is 24.6 Å². The second kappa shape index (κ2) is 7.10. The number of aliphatic imine (C=N–C) groups is 1. The molecule has 2 heterocycles. The molecule has 5 heteroatoms. The number of rotatable bonds is 2. The Hall–Kier alpha value is -1.81. The van der Waals surface area contributed by atoms with Gasteiger partial charge in [-0.1, -0.05) is 24.6 Å². The summed E-state index contributed by atoms with van der Waals surface area (Å²) < 4.78 is 0. The first kappa shape index (κ1) is 14.6. The number of fused-ring (bicyclic) bond motifs is 1. The van der Waals surface area contributed by atoms with Crippen molar-refractivity contribution in [3.63, 3.8) is 0 Å². The lowest BCUT2D eigenvalue weighted by Crippen LogP contribution is -2.17. The van der Waals surface area contributed by atoms with Crippen LogP contribution in [-0.2, 0) is 0 Å². The molecule has 0 unspecified atom stereocenters. The molecule has 1 aromatic heterocycles. The highest BCUT2D eigenvalue weighted by molar-refractivity contribution is 5.99. The van der Waals surface area contributed by atoms with Crippen LogP contribution in [0.3, 0.4) is 0 Å². The van der Waals surface area contributed by atoms with Crippen molar-refractivity contribution in [2.45, 2.75) is 25.7 Å². The summed E-state index contributed by atoms with van der Waals surface area (Å²) in [5.41, 5.74) is 5.30. The van der Waals surface area contributed by atoms with E-state index in [1.54, 1.807) is 0 Å². The standard InChI is InChI=1S/C15H18N4.ClH/c1-2-8-15(16-9-5-1)19-18-11-12-10-17-14-7-4-3-6-13(12)14;/h3-4,6-7,10-11,17H,1-2,5,8-9H2,(H,16,19);1H/b18-11+;. The maximum atomic E-state index is 4.49. The molecule has 0 aliphatic carbocycles. The van der Waals surface area contributed by atoms with Gasteiger partial charge in [0.15, 0.2) is 0 Å². The molecule has 1 aliphatic heterocycles. The minimum Gasteiger partial charge on any atom is -0.361 e. The van der Waals surface area contributed by atoms with Gasteiger partial charge in [-0.25, -0.2) is 0 Å². The zero-order valence-corrected chi connectivity index (χ0v) is 12.1. The SMILES string of the molecule is C(=N\NC1=NCCCCC1)/c1c[nH]c2ccccc12.Cl. The first-order valence-electron chi connectivity index (χ1n) is 6.82. The van der Waals surface area contributed by atoms with Gasteiger partial charge < -0.3 is 4.98 Å². The highest BCUT2D eigenvalue weighted by Crippen LogP contribution is 2.15. The number of nitrogens with one attached hydrogen (secondary N) is 2. The smallest absolute Gasteiger partial charge is 0.117 e. The van der Waals surface area contributed by atoms with E-state index in [1.807, 2.05) is 24.5 Å². The van der Waals surface area contributed by atoms with Crippen molar-refractivity contribution in [1.29, 1.82) is 0 Å². The fourth-order valence-corrected chi connectivity index (χ4v) is 2.34. The number of nitrogens with zero attached hydrogens (tertiary/aromatic N) is 2. The Labute approximate surface area is 124 Å². The van der Waals surface area contributed by atoms with Crippen LogP contribution in [0.15, 0.2) is 40.6 Å². The first-order chi connectivity index (χ1) is 9.43. The van der Waals surface area contributed by atoms with Crippen LogP contribution in [0.25, 0.3) is 10.9 Å². The van der Waals surface area contributed by atoms with Gasteiger partial charge in [0.25, 0.3) is 0 Å². The summed E-state index contributed by atoms with van der Waals surface area (Å²) >= 11 is 0. The van der Waals surface area contributed by atoms with E-state index in [9.17, 15) is 0 Å². The molecule has 106 valence electrons. The lowest BCUT2D eigenvalue weighted by Gasteiger charge is -2.01. The normalized spacial score (nSPS) is 15.7. The molecule has 0 spiro atoms. The van der Waals surface area contributed by atoms with E-state index in [-0.39, 0.29) is 12.4 Å². The zero-order valence-electron chi connectivity index (χ0n) is 11.3. The summed E-state index contributed by atoms with van der Waals surface area (Å²) in [4.78, 5) is 7.73. The Morgan fingerprint density at radius 3 is 3.05 bits per heavy atom. The maximum absolute atomic E-state index is 4.49. The van der Waals surface area contributed by atoms with E-state index in [0.29, 0.717) is 0 Å². The third kappa shape index (κ3) is 3.39. The summed E-state index contributed by atoms with van der Waals surface area (Å²) in [5.74, 6) is 1.01. The van der Waals surface area contributed by atoms with Gasteiger partial charge in [-0.3, -0.25) is 10.4 Å². The Kier molecular flexibility index (Phi) is 5.18. The summed E-state index contributed by atoms with van der Waals surface area (Å²) in [6.07, 6.45) is 8.49. The molecule has 0 radical (unpaired) electrons. The van der Waals surface area contributed by atoms with Crippen LogP contribution in [0.1, 0.15) is 31.2 Å². The third-order valence-corrected chi connectivity index (χ3v) is 3.39. The van der Waals surface area contributed by atoms with Crippen molar-refractivity contribution in [3.8, 4) is 0 Å². The molecule has 0 saturated carbocycles. The lowest BCUT2D eigenvalue weighted by atomic mass is 10.2. The zero-order chi connectivity index (χ0) is 12.9. The van der Waals surface area contributed by atoms with E-state index in [0.717, 1.165) is 29.9 Å². The molecule has 0 fully saturated rings. The van der Waals surface area contributed by atoms with Crippen molar-refractivity contribution in [3.05, 3.63) is 36.0 Å². The molecule has 1 aliphatic rings. The minimum absolute atomic E-state index is 0. The highest BCUT2D eigenvalue weighted by atomic mass is 35.5. The highest BCUT2D eigenvalue weighted by Gasteiger charge is 2.03. The van der Waals surface area contributed by atoms with Crippen LogP contribution in [0, 0.1) is 0 Å². The molecular weight excluding hydrogens is 272 g/mol. The Morgan fingerprint density at radius 1 is 1.20 bits per heavy atom. The maximum Gasteiger partial charge on any atom is 0.117 e. The van der Waals surface area contributed by atoms with Gasteiger partial charge in [-0.15, -0.1) is 12.4 Å². The monoisotopic (exact) mass is 290 g/mol. The van der Waals surface area contributed by atoms with Gasteiger partial charge in [0.05, 0.1) is 6.21 Å². The molecule has 0 saturated heterocycles. The van der Waals surface area contributed by atoms with Gasteiger partial charge in [0.2, 0.25) is 0 Å². The fraction of sp³-hybridized carbons (Fsp3) is 0.333. The van der Waals surface area contributed by atoms with Crippen molar-refractivity contribution >= 4 is 35.4 Å². The van der Waals surface area contributed by atoms with Crippen LogP contribution in [0.2, 0.25) is 0 Å². The summed E-state index contributed by atoms with van der Waals surface area (Å²) in [6.45, 7) is 0.922. The van der Waals surface area contributed by atoms with Crippen molar-refractivity contribution in [1.82, 2.24) is 10.4 Å². The van der Waals surface area contributed by atoms with Gasteiger partial charge >= 0.3 is 0 Å². The van der Waals surface area contributed by atoms with Crippen molar-refractivity contribution in [2.75, 3.05) is 6.54 Å². The van der Waals surface area contributed by atoms with Crippen molar-refractivity contribution < 1.29 is 0 Å². The number of benzene rings is 1. The lowest BCUT2D eigenvalue weighted by molar-refractivity contribution is 0.729. The minimum atomic E-state index is 0. The van der Waals surface area contributed by atoms with Crippen LogP contribution in [0.4, 0.5) is 0 Å². The molecule has 2 N–H and O–H groups in total. The summed E-state index contributed by atoms with van der Waals surface area (Å²) in [7, 11) is 0. The molecule has 0 atom stereocenters. The summed E-state index contributed by atoms with van der Waals surface area (Å²) in [6, 6.07) is 8.22. The molecule has 4 nitrogen and oxygen atoms in total. The van der Waals surface area contributed by atoms with Gasteiger partial charge in [-0.05, 0) is 18.9 Å². The van der Waals surface area contributed by atoms with E-state index >= 15 is 0 Å². The second-order valence-electron chi connectivity index (χ2n) is 4.80. The fourth-order valence-electron chi connectivity index (χ4n) is 2.34. The Morgan fingerprint density at radius 2 is 2.10 bits per heavy atom. The first-order valence-corrected chi connectivity index (χ1v) is 6.82. The number of hydrogen-bond acceptors (Lipinski definition) is 3. The van der Waals surface area contributed by atoms with E-state index in [4.69, 9.17) is 0 Å². The number of aromatic amines is 1. The van der Waals surface area contributed by atoms with Gasteiger partial charge in [0, 0.05) is 35.6 Å². The molecule has 20 heavy (non-hydrogen) atoms. The second-order valence-corrected chi connectivity index (χ2v) is 4.80. The van der Waals surface area contributed by atoms with Crippen LogP contribution in [-0.4, -0.2) is 23.6 Å². The molecular formula is C15H19ClN4. The van der Waals surface area contributed by atoms with Gasteiger partial charge in [-0.2, -0.15) is 5.10 Å². The quantitative estimate of drug-likeness (QED) is 0.646. The number of hydrazone groups is 1. The van der Waals surface area contributed by atoms with Crippen LogP contribution >= 0.6 is 12.4 Å². The number of hydrogen-bond donors (Lipinski definition) is 2. The van der Waals surface area contributed by atoms with Gasteiger partial charge in [0.1, 0.15) is 5.84 Å². The number of para-hydroxylation sites is 1. The molecule has 1 aromatic carbocycles. The predicted molar refractivity (Wildman–Crippen MR) is 87.0 cm³/mol. The largest absolute Gasteiger partial charge is 0.361 e. The van der Waals surface area contributed by atoms with E-state index in [2.05, 4.69) is 32.6 Å².